The molecule has 0 spiro atoms. The molecule has 6 heteroatoms. The second kappa shape index (κ2) is 8.95. The van der Waals surface area contributed by atoms with E-state index in [1.165, 1.54) is 25.7 Å². The van der Waals surface area contributed by atoms with Crippen LogP contribution >= 0.6 is 0 Å². The number of hydrogen-bond acceptors (Lipinski definition) is 5. The van der Waals surface area contributed by atoms with E-state index in [0.29, 0.717) is 0 Å². The minimum atomic E-state index is 0.734. The van der Waals surface area contributed by atoms with Gasteiger partial charge in [0.2, 0.25) is 0 Å². The number of aromatic nitrogens is 5. The van der Waals surface area contributed by atoms with Gasteiger partial charge in [-0.2, -0.15) is 0 Å². The molecule has 0 atom stereocenters. The maximum Gasteiger partial charge on any atom is 0.180 e. The maximum atomic E-state index is 4.84. The number of nitrogens with zero attached hydrogens (tertiary/aromatic N) is 6. The average Bonchev–Trinajstić information content (AvgIpc) is 3.28. The van der Waals surface area contributed by atoms with Crippen molar-refractivity contribution in [2.75, 3.05) is 18.0 Å². The summed E-state index contributed by atoms with van der Waals surface area (Å²) in [5.74, 6) is 2.59. The van der Waals surface area contributed by atoms with Crippen molar-refractivity contribution in [1.29, 1.82) is 0 Å². The van der Waals surface area contributed by atoms with E-state index in [4.69, 9.17) is 4.98 Å². The maximum absolute atomic E-state index is 4.84. The zero-order valence-corrected chi connectivity index (χ0v) is 16.5. The molecule has 0 aromatic carbocycles. The van der Waals surface area contributed by atoms with E-state index in [9.17, 15) is 0 Å². The number of imidazole rings is 1. The average molecular weight is 377 g/mol. The van der Waals surface area contributed by atoms with Crippen molar-refractivity contribution in [3.05, 3.63) is 54.9 Å². The Morgan fingerprint density at radius 3 is 2.71 bits per heavy atom. The summed E-state index contributed by atoms with van der Waals surface area (Å²) in [7, 11) is 0. The molecule has 0 amide bonds. The van der Waals surface area contributed by atoms with Crippen LogP contribution in [0.1, 0.15) is 38.3 Å². The SMILES string of the molecule is CCc1cc(N2CCC(CCCn3ccnc3)CC2)nc(-c2ccccn2)n1. The minimum Gasteiger partial charge on any atom is -0.356 e. The fourth-order valence-corrected chi connectivity index (χ4v) is 3.87. The van der Waals surface area contributed by atoms with Gasteiger partial charge in [-0.25, -0.2) is 15.0 Å². The van der Waals surface area contributed by atoms with Gasteiger partial charge in [-0.05, 0) is 50.2 Å². The lowest BCUT2D eigenvalue weighted by molar-refractivity contribution is 0.363. The molecule has 0 unspecified atom stereocenters. The van der Waals surface area contributed by atoms with Gasteiger partial charge < -0.3 is 9.47 Å². The molecular weight excluding hydrogens is 348 g/mol. The van der Waals surface area contributed by atoms with Crippen LogP contribution in [0.4, 0.5) is 5.82 Å². The molecule has 3 aromatic rings. The highest BCUT2D eigenvalue weighted by Gasteiger charge is 2.21. The Morgan fingerprint density at radius 1 is 1.11 bits per heavy atom. The highest BCUT2D eigenvalue weighted by Crippen LogP contribution is 2.27. The van der Waals surface area contributed by atoms with Crippen LogP contribution in [-0.2, 0) is 13.0 Å². The van der Waals surface area contributed by atoms with E-state index in [2.05, 4.69) is 37.4 Å². The van der Waals surface area contributed by atoms with Crippen LogP contribution < -0.4 is 4.90 Å². The van der Waals surface area contributed by atoms with Gasteiger partial charge in [0.25, 0.3) is 0 Å². The van der Waals surface area contributed by atoms with Crippen LogP contribution in [0, 0.1) is 5.92 Å². The standard InChI is InChI=1S/C22H28N6/c1-2-19-16-21(26-22(25-19)20-7-3-4-10-24-20)28-13-8-18(9-14-28)6-5-12-27-15-11-23-17-27/h3-4,7,10-11,15-18H,2,5-6,8-9,12-14H2,1H3. The van der Waals surface area contributed by atoms with E-state index in [0.717, 1.165) is 55.0 Å². The third-order valence-electron chi connectivity index (χ3n) is 5.55. The van der Waals surface area contributed by atoms with Crippen LogP contribution in [0.5, 0.6) is 0 Å². The summed E-state index contributed by atoms with van der Waals surface area (Å²) in [6, 6.07) is 8.03. The molecule has 0 saturated carbocycles. The number of piperidine rings is 1. The third-order valence-corrected chi connectivity index (χ3v) is 5.55. The lowest BCUT2D eigenvalue weighted by Crippen LogP contribution is -2.34. The monoisotopic (exact) mass is 376 g/mol. The predicted octanol–water partition coefficient (Wildman–Crippen LogP) is 3.99. The zero-order valence-electron chi connectivity index (χ0n) is 16.5. The number of pyridine rings is 1. The van der Waals surface area contributed by atoms with Gasteiger partial charge in [0.1, 0.15) is 11.5 Å². The first-order chi connectivity index (χ1) is 13.8. The quantitative estimate of drug-likeness (QED) is 0.624. The summed E-state index contributed by atoms with van der Waals surface area (Å²) >= 11 is 0. The highest BCUT2D eigenvalue weighted by atomic mass is 15.2. The molecule has 3 aromatic heterocycles. The van der Waals surface area contributed by atoms with Crippen molar-refractivity contribution in [3.8, 4) is 11.5 Å². The second-order valence-corrected chi connectivity index (χ2v) is 7.48. The van der Waals surface area contributed by atoms with Gasteiger partial charge in [0, 0.05) is 50.0 Å². The van der Waals surface area contributed by atoms with Gasteiger partial charge >= 0.3 is 0 Å². The summed E-state index contributed by atoms with van der Waals surface area (Å²) in [6.07, 6.45) is 13.5. The molecule has 28 heavy (non-hydrogen) atoms. The topological polar surface area (TPSA) is 59.7 Å². The Labute approximate surface area is 166 Å². The molecule has 1 fully saturated rings. The first-order valence-corrected chi connectivity index (χ1v) is 10.3. The number of anilines is 1. The molecule has 1 saturated heterocycles. The summed E-state index contributed by atoms with van der Waals surface area (Å²) < 4.78 is 2.17. The van der Waals surface area contributed by atoms with Crippen molar-refractivity contribution in [3.63, 3.8) is 0 Å². The van der Waals surface area contributed by atoms with Gasteiger partial charge in [-0.1, -0.05) is 13.0 Å². The Balaban J connectivity index is 1.37. The molecule has 0 radical (unpaired) electrons. The van der Waals surface area contributed by atoms with Crippen LogP contribution in [0.15, 0.2) is 49.2 Å². The Hall–Kier alpha value is -2.76. The first-order valence-electron chi connectivity index (χ1n) is 10.3. The summed E-state index contributed by atoms with van der Waals surface area (Å²) in [6.45, 7) is 5.34. The van der Waals surface area contributed by atoms with E-state index < -0.39 is 0 Å². The van der Waals surface area contributed by atoms with Gasteiger partial charge in [0.15, 0.2) is 5.82 Å². The smallest absolute Gasteiger partial charge is 0.180 e. The Morgan fingerprint density at radius 2 is 2.00 bits per heavy atom. The fourth-order valence-electron chi connectivity index (χ4n) is 3.87. The molecule has 1 aliphatic rings. The summed E-state index contributed by atoms with van der Waals surface area (Å²) in [5, 5.41) is 0. The normalized spacial score (nSPS) is 15.1. The van der Waals surface area contributed by atoms with Crippen LogP contribution in [0.3, 0.4) is 0 Å². The van der Waals surface area contributed by atoms with Gasteiger partial charge in [-0.3, -0.25) is 4.98 Å². The van der Waals surface area contributed by atoms with Crippen molar-refractivity contribution < 1.29 is 0 Å². The van der Waals surface area contributed by atoms with E-state index >= 15 is 0 Å². The predicted molar refractivity (Wildman–Crippen MR) is 111 cm³/mol. The van der Waals surface area contributed by atoms with Crippen molar-refractivity contribution >= 4 is 5.82 Å². The van der Waals surface area contributed by atoms with Crippen LogP contribution in [0.2, 0.25) is 0 Å². The number of rotatable bonds is 7. The molecule has 0 bridgehead atoms. The molecule has 4 heterocycles. The highest BCUT2D eigenvalue weighted by molar-refractivity contribution is 5.53. The molecule has 6 nitrogen and oxygen atoms in total. The zero-order chi connectivity index (χ0) is 19.2. The lowest BCUT2D eigenvalue weighted by atomic mass is 9.92. The summed E-state index contributed by atoms with van der Waals surface area (Å²) in [4.78, 5) is 20.5. The molecule has 146 valence electrons. The molecular formula is C22H28N6. The van der Waals surface area contributed by atoms with Crippen LogP contribution in [0.25, 0.3) is 11.5 Å². The Bertz CT molecular complexity index is 854. The lowest BCUT2D eigenvalue weighted by Gasteiger charge is -2.33. The van der Waals surface area contributed by atoms with Gasteiger partial charge in [-0.15, -0.1) is 0 Å². The van der Waals surface area contributed by atoms with E-state index in [1.54, 1.807) is 6.20 Å². The van der Waals surface area contributed by atoms with Crippen molar-refractivity contribution in [2.45, 2.75) is 45.6 Å². The van der Waals surface area contributed by atoms with E-state index in [-0.39, 0.29) is 0 Å². The fraction of sp³-hybridized carbons (Fsp3) is 0.455. The number of hydrogen-bond donors (Lipinski definition) is 0. The van der Waals surface area contributed by atoms with Crippen molar-refractivity contribution in [2.24, 2.45) is 5.92 Å². The number of aryl methyl sites for hydroxylation is 2. The van der Waals surface area contributed by atoms with Crippen LogP contribution in [-0.4, -0.2) is 37.6 Å². The molecule has 4 rings (SSSR count). The van der Waals surface area contributed by atoms with E-state index in [1.807, 2.05) is 36.9 Å². The second-order valence-electron chi connectivity index (χ2n) is 7.48. The first kappa shape index (κ1) is 18.6. The Kier molecular flexibility index (Phi) is 5.95. The third kappa shape index (κ3) is 4.55. The molecule has 1 aliphatic heterocycles. The molecule has 0 N–H and O–H groups in total. The summed E-state index contributed by atoms with van der Waals surface area (Å²) in [5.41, 5.74) is 1.92. The van der Waals surface area contributed by atoms with Crippen molar-refractivity contribution in [1.82, 2.24) is 24.5 Å². The molecule has 0 aliphatic carbocycles. The van der Waals surface area contributed by atoms with Gasteiger partial charge in [0.05, 0.1) is 6.33 Å². The largest absolute Gasteiger partial charge is 0.356 e. The minimum absolute atomic E-state index is 0.734.